The number of ether oxygens (including phenoxy) is 1. The minimum absolute atomic E-state index is 0.248. The minimum atomic E-state index is -0.515. The van der Waals surface area contributed by atoms with Crippen LogP contribution in [0.15, 0.2) is 30.6 Å². The largest absolute Gasteiger partial charge is 0.486 e. The number of pyridine rings is 2. The summed E-state index contributed by atoms with van der Waals surface area (Å²) < 4.78 is 20.2. The predicted octanol–water partition coefficient (Wildman–Crippen LogP) is 2.89. The molecule has 4 rings (SSSR count). The number of aliphatic hydroxyl groups excluding tert-OH is 1. The fraction of sp³-hybridized carbons (Fsp3) is 0.500. The van der Waals surface area contributed by atoms with Crippen molar-refractivity contribution in [3.63, 3.8) is 0 Å². The number of fused-ring (bicyclic) bond motifs is 1. The molecule has 138 valence electrons. The third-order valence-corrected chi connectivity index (χ3v) is 5.63. The number of aliphatic hydroxyl groups is 1. The number of anilines is 1. The van der Waals surface area contributed by atoms with Gasteiger partial charge in [-0.15, -0.1) is 0 Å². The number of nitrogens with zero attached hydrogens (tertiary/aromatic N) is 3. The third-order valence-electron chi connectivity index (χ3n) is 5.63. The van der Waals surface area contributed by atoms with Gasteiger partial charge in [0, 0.05) is 25.0 Å². The second-order valence-electron chi connectivity index (χ2n) is 7.48. The first kappa shape index (κ1) is 17.2. The molecule has 1 aliphatic carbocycles. The number of halogens is 1. The Balaban J connectivity index is 1.47. The first-order valence-corrected chi connectivity index (χ1v) is 9.14. The van der Waals surface area contributed by atoms with Crippen molar-refractivity contribution in [1.82, 2.24) is 9.97 Å². The SMILES string of the molecule is Cc1ccc(O[C@@H]2C[C@@H]3CN(c4ccncc4F)C[C@@H]3C[C@H]2O)c(C)n1. The molecular formula is C20H24FN3O2. The maximum atomic E-state index is 14.1. The quantitative estimate of drug-likeness (QED) is 0.915. The summed E-state index contributed by atoms with van der Waals surface area (Å²) in [5.74, 6) is 1.18. The van der Waals surface area contributed by atoms with Crippen LogP contribution in [0.3, 0.4) is 0 Å². The number of hydrogen-bond donors (Lipinski definition) is 1. The molecule has 2 aromatic heterocycles. The van der Waals surface area contributed by atoms with Crippen LogP contribution in [0.4, 0.5) is 10.1 Å². The molecule has 4 atom stereocenters. The molecule has 2 fully saturated rings. The summed E-state index contributed by atoms with van der Waals surface area (Å²) in [4.78, 5) is 10.3. The van der Waals surface area contributed by atoms with Gasteiger partial charge in [0.1, 0.15) is 11.9 Å². The lowest BCUT2D eigenvalue weighted by Gasteiger charge is -2.35. The van der Waals surface area contributed by atoms with Crippen LogP contribution in [0.25, 0.3) is 0 Å². The van der Waals surface area contributed by atoms with Crippen LogP contribution >= 0.6 is 0 Å². The zero-order chi connectivity index (χ0) is 18.3. The van der Waals surface area contributed by atoms with Crippen LogP contribution < -0.4 is 9.64 Å². The highest BCUT2D eigenvalue weighted by Crippen LogP contribution is 2.40. The van der Waals surface area contributed by atoms with Crippen molar-refractivity contribution < 1.29 is 14.2 Å². The Morgan fingerprint density at radius 1 is 1.15 bits per heavy atom. The van der Waals surface area contributed by atoms with E-state index in [1.54, 1.807) is 12.3 Å². The van der Waals surface area contributed by atoms with E-state index in [-0.39, 0.29) is 11.9 Å². The minimum Gasteiger partial charge on any atom is -0.486 e. The van der Waals surface area contributed by atoms with Crippen LogP contribution in [0.5, 0.6) is 5.75 Å². The van der Waals surface area contributed by atoms with Gasteiger partial charge in [-0.1, -0.05) is 0 Å². The lowest BCUT2D eigenvalue weighted by Crippen LogP contribution is -2.42. The number of hydrogen-bond acceptors (Lipinski definition) is 5. The van der Waals surface area contributed by atoms with E-state index in [0.717, 1.165) is 36.6 Å². The van der Waals surface area contributed by atoms with Crippen LogP contribution in [0, 0.1) is 31.5 Å². The number of aryl methyl sites for hydroxylation is 2. The van der Waals surface area contributed by atoms with Gasteiger partial charge in [-0.05, 0) is 56.7 Å². The summed E-state index contributed by atoms with van der Waals surface area (Å²) >= 11 is 0. The van der Waals surface area contributed by atoms with Crippen molar-refractivity contribution in [2.24, 2.45) is 11.8 Å². The second kappa shape index (κ2) is 6.83. The van der Waals surface area contributed by atoms with E-state index in [0.29, 0.717) is 23.9 Å². The van der Waals surface area contributed by atoms with Gasteiger partial charge in [-0.3, -0.25) is 9.97 Å². The summed E-state index contributed by atoms with van der Waals surface area (Å²) in [6.45, 7) is 5.41. The van der Waals surface area contributed by atoms with Crippen molar-refractivity contribution in [3.05, 3.63) is 47.8 Å². The highest BCUT2D eigenvalue weighted by Gasteiger charge is 2.43. The van der Waals surface area contributed by atoms with Gasteiger partial charge in [0.2, 0.25) is 0 Å². The Morgan fingerprint density at radius 3 is 2.65 bits per heavy atom. The average Bonchev–Trinajstić information content (AvgIpc) is 3.00. The van der Waals surface area contributed by atoms with Crippen molar-refractivity contribution in [1.29, 1.82) is 0 Å². The van der Waals surface area contributed by atoms with E-state index in [4.69, 9.17) is 4.74 Å². The Kier molecular flexibility index (Phi) is 4.53. The molecule has 1 N–H and O–H groups in total. The maximum absolute atomic E-state index is 14.1. The highest BCUT2D eigenvalue weighted by atomic mass is 19.1. The fourth-order valence-corrected chi connectivity index (χ4v) is 4.30. The van der Waals surface area contributed by atoms with Crippen molar-refractivity contribution in [3.8, 4) is 5.75 Å². The standard InChI is InChI=1S/C20H24FN3O2/c1-12-3-4-19(13(2)23-12)26-20-8-15-11-24(10-14(15)7-18(20)25)17-5-6-22-9-16(17)21/h3-6,9,14-15,18,20,25H,7-8,10-11H2,1-2H3/t14-,15+,18+,20+/m0/s1. The summed E-state index contributed by atoms with van der Waals surface area (Å²) in [5.41, 5.74) is 2.39. The Morgan fingerprint density at radius 2 is 1.92 bits per heavy atom. The molecule has 6 heteroatoms. The fourth-order valence-electron chi connectivity index (χ4n) is 4.30. The first-order chi connectivity index (χ1) is 12.5. The van der Waals surface area contributed by atoms with E-state index in [2.05, 4.69) is 14.9 Å². The van der Waals surface area contributed by atoms with Crippen LogP contribution in [-0.2, 0) is 0 Å². The molecule has 0 radical (unpaired) electrons. The first-order valence-electron chi connectivity index (χ1n) is 9.14. The molecule has 3 heterocycles. The molecule has 0 bridgehead atoms. The normalized spacial score (nSPS) is 28.1. The van der Waals surface area contributed by atoms with Gasteiger partial charge in [0.25, 0.3) is 0 Å². The topological polar surface area (TPSA) is 58.5 Å². The summed E-state index contributed by atoms with van der Waals surface area (Å²) in [7, 11) is 0. The van der Waals surface area contributed by atoms with Crippen molar-refractivity contribution in [2.75, 3.05) is 18.0 Å². The Labute approximate surface area is 152 Å². The molecule has 5 nitrogen and oxygen atoms in total. The molecule has 26 heavy (non-hydrogen) atoms. The van der Waals surface area contributed by atoms with E-state index < -0.39 is 6.10 Å². The number of aromatic nitrogens is 2. The summed E-state index contributed by atoms with van der Waals surface area (Å²) in [6.07, 6.45) is 3.56. The molecule has 0 unspecified atom stereocenters. The van der Waals surface area contributed by atoms with E-state index in [1.807, 2.05) is 26.0 Å². The average molecular weight is 357 g/mol. The molecule has 2 aromatic rings. The molecule has 0 amide bonds. The molecule has 0 aromatic carbocycles. The molecule has 1 saturated heterocycles. The zero-order valence-electron chi connectivity index (χ0n) is 15.1. The Bertz CT molecular complexity index is 800. The third kappa shape index (κ3) is 3.26. The Hall–Kier alpha value is -2.21. The summed E-state index contributed by atoms with van der Waals surface area (Å²) in [6, 6.07) is 5.56. The van der Waals surface area contributed by atoms with E-state index in [1.165, 1.54) is 6.20 Å². The van der Waals surface area contributed by atoms with Gasteiger partial charge >= 0.3 is 0 Å². The molecule has 2 aliphatic rings. The van der Waals surface area contributed by atoms with Gasteiger partial charge in [-0.25, -0.2) is 4.39 Å². The lowest BCUT2D eigenvalue weighted by atomic mass is 9.78. The highest BCUT2D eigenvalue weighted by molar-refractivity contribution is 5.47. The molecular weight excluding hydrogens is 333 g/mol. The van der Waals surface area contributed by atoms with Crippen LogP contribution in [0.1, 0.15) is 24.2 Å². The molecule has 1 saturated carbocycles. The molecule has 0 spiro atoms. The number of rotatable bonds is 3. The second-order valence-corrected chi connectivity index (χ2v) is 7.48. The zero-order valence-corrected chi connectivity index (χ0v) is 15.1. The van der Waals surface area contributed by atoms with E-state index >= 15 is 0 Å². The molecule has 1 aliphatic heterocycles. The lowest BCUT2D eigenvalue weighted by molar-refractivity contribution is -0.0236. The predicted molar refractivity (Wildman–Crippen MR) is 96.8 cm³/mol. The monoisotopic (exact) mass is 357 g/mol. The van der Waals surface area contributed by atoms with Gasteiger partial charge < -0.3 is 14.7 Å². The van der Waals surface area contributed by atoms with E-state index in [9.17, 15) is 9.50 Å². The smallest absolute Gasteiger partial charge is 0.164 e. The maximum Gasteiger partial charge on any atom is 0.164 e. The summed E-state index contributed by atoms with van der Waals surface area (Å²) in [5, 5.41) is 10.6. The van der Waals surface area contributed by atoms with Gasteiger partial charge in [0.05, 0.1) is 23.7 Å². The van der Waals surface area contributed by atoms with Gasteiger partial charge in [0.15, 0.2) is 5.82 Å². The van der Waals surface area contributed by atoms with Crippen molar-refractivity contribution >= 4 is 5.69 Å². The van der Waals surface area contributed by atoms with Crippen LogP contribution in [-0.4, -0.2) is 40.4 Å². The van der Waals surface area contributed by atoms with Crippen molar-refractivity contribution in [2.45, 2.75) is 38.9 Å². The van der Waals surface area contributed by atoms with Gasteiger partial charge in [-0.2, -0.15) is 0 Å². The van der Waals surface area contributed by atoms with Crippen LogP contribution in [0.2, 0.25) is 0 Å².